The largest absolute Gasteiger partial charge is 1.00 e. The minimum absolute atomic E-state index is 0. The number of phosphoric acid groups is 1. The summed E-state index contributed by atoms with van der Waals surface area (Å²) in [5.74, 6) is 0.682. The van der Waals surface area contributed by atoms with Gasteiger partial charge in [0.05, 0.1) is 7.11 Å². The molecule has 1 heterocycles. The van der Waals surface area contributed by atoms with Gasteiger partial charge >= 0.3 is 37.4 Å². The summed E-state index contributed by atoms with van der Waals surface area (Å²) in [7, 11) is -1.52. The first kappa shape index (κ1) is 27.5. The van der Waals surface area contributed by atoms with Gasteiger partial charge in [-0.2, -0.15) is 0 Å². The summed E-state index contributed by atoms with van der Waals surface area (Å²) < 4.78 is 22.1. The van der Waals surface area contributed by atoms with E-state index in [9.17, 15) is 14.4 Å². The van der Waals surface area contributed by atoms with Crippen molar-refractivity contribution < 1.29 is 53.2 Å². The average molecular weight is 486 g/mol. The van der Waals surface area contributed by atoms with E-state index in [0.29, 0.717) is 11.3 Å². The third-order valence-electron chi connectivity index (χ3n) is 4.74. The zero-order valence-electron chi connectivity index (χ0n) is 18.3. The maximum Gasteiger partial charge on any atom is 1.00 e. The van der Waals surface area contributed by atoms with Crippen molar-refractivity contribution in [3.05, 3.63) is 89.0 Å². The van der Waals surface area contributed by atoms with Crippen LogP contribution in [-0.4, -0.2) is 48.6 Å². The molecule has 0 fully saturated rings. The van der Waals surface area contributed by atoms with Crippen molar-refractivity contribution in [2.24, 2.45) is 0 Å². The third kappa shape index (κ3) is 6.05. The molecule has 0 spiro atoms. The maximum atomic E-state index is 11.7. The Hall–Kier alpha value is -0.700. The van der Waals surface area contributed by atoms with Gasteiger partial charge < -0.3 is 23.9 Å². The fourth-order valence-corrected chi connectivity index (χ4v) is 4.96. The number of fused-ring (bicyclic) bond motifs is 2. The van der Waals surface area contributed by atoms with Crippen LogP contribution in [0.5, 0.6) is 5.75 Å². The number of hydrogen-bond acceptors (Lipinski definition) is 6. The van der Waals surface area contributed by atoms with E-state index in [1.165, 1.54) is 0 Å². The first-order chi connectivity index (χ1) is 14.4. The molecule has 1 aliphatic heterocycles. The van der Waals surface area contributed by atoms with E-state index in [-0.39, 0.29) is 64.2 Å². The van der Waals surface area contributed by atoms with Crippen LogP contribution in [0.2, 0.25) is 0 Å². The van der Waals surface area contributed by atoms with Crippen molar-refractivity contribution in [3.63, 3.8) is 0 Å². The molecule has 0 aromatic heterocycles. The minimum Gasteiger partial charge on any atom is -0.746 e. The van der Waals surface area contributed by atoms with Crippen LogP contribution in [0.15, 0.2) is 82.8 Å². The standard InChI is InChI=1S/C22H20NO5PS.2Na/c1-23-19-9-5-3-7-17(19)21(18-8-4-6-10-20(18)23)22(28-29(24,25)26)30-16-13-11-15(27-2)12-14-16;;/h3-14H,1-2H3,(H2,24,25,26);;/q;;+1/p-1. The third-order valence-corrected chi connectivity index (χ3v) is 6.26. The summed E-state index contributed by atoms with van der Waals surface area (Å²) in [6.45, 7) is 0. The molecule has 0 saturated carbocycles. The van der Waals surface area contributed by atoms with Gasteiger partial charge in [-0.05, 0) is 36.4 Å². The molecule has 155 valence electrons. The van der Waals surface area contributed by atoms with Crippen molar-refractivity contribution in [2.75, 3.05) is 19.1 Å². The first-order valence-electron chi connectivity index (χ1n) is 9.09. The Balaban J connectivity index is 0.00000181. The molecule has 10 heteroatoms. The van der Waals surface area contributed by atoms with Gasteiger partial charge in [0, 0.05) is 69.6 Å². The van der Waals surface area contributed by atoms with Crippen molar-refractivity contribution in [2.45, 2.75) is 4.90 Å². The van der Waals surface area contributed by atoms with Gasteiger partial charge in [0.15, 0.2) is 5.09 Å². The number of benzene rings is 3. The van der Waals surface area contributed by atoms with Crippen molar-refractivity contribution in [1.82, 2.24) is 0 Å². The fraction of sp³-hybridized carbons (Fsp3) is 0.0909. The molecule has 1 N–H and O–H groups in total. The second kappa shape index (κ2) is 11.6. The zero-order chi connectivity index (χ0) is 21.3. The topological polar surface area (TPSA) is 82.1 Å². The Labute approximate surface area is 235 Å². The maximum absolute atomic E-state index is 11.7. The summed E-state index contributed by atoms with van der Waals surface area (Å²) >= 11 is 1.12. The average Bonchev–Trinajstić information content (AvgIpc) is 2.73. The molecule has 4 rings (SSSR count). The first-order valence-corrected chi connectivity index (χ1v) is 11.4. The summed E-state index contributed by atoms with van der Waals surface area (Å²) in [5.41, 5.74) is 4.03. The molecule has 0 aliphatic carbocycles. The normalized spacial score (nSPS) is 13.5. The molecule has 1 aliphatic rings. The van der Waals surface area contributed by atoms with Crippen LogP contribution >= 0.6 is 19.6 Å². The monoisotopic (exact) mass is 486 g/mol. The summed E-state index contributed by atoms with van der Waals surface area (Å²) in [6.07, 6.45) is 0. The molecule has 1 atom stereocenters. The van der Waals surface area contributed by atoms with E-state index in [1.807, 2.05) is 60.5 Å². The molecule has 0 amide bonds. The number of ether oxygens (including phenoxy) is 1. The molecular weight excluding hydrogens is 467 g/mol. The summed E-state index contributed by atoms with van der Waals surface area (Å²) in [5, 5.41) is 0.0778. The molecule has 1 radical (unpaired) electrons. The van der Waals surface area contributed by atoms with E-state index in [1.54, 1.807) is 31.4 Å². The number of thioether (sulfide) groups is 1. The van der Waals surface area contributed by atoms with Crippen LogP contribution in [0.1, 0.15) is 11.1 Å². The molecule has 0 bridgehead atoms. The number of nitrogens with zero attached hydrogens (tertiary/aromatic N) is 1. The van der Waals surface area contributed by atoms with E-state index in [2.05, 4.69) is 0 Å². The molecule has 3 aromatic rings. The van der Waals surface area contributed by atoms with Gasteiger partial charge in [0.2, 0.25) is 0 Å². The van der Waals surface area contributed by atoms with Gasteiger partial charge in [-0.15, -0.1) is 0 Å². The predicted molar refractivity (Wildman–Crippen MR) is 122 cm³/mol. The summed E-state index contributed by atoms with van der Waals surface area (Å²) in [6, 6.07) is 22.5. The minimum atomic E-state index is -5.05. The van der Waals surface area contributed by atoms with Crippen LogP contribution < -0.4 is 44.1 Å². The second-order valence-corrected chi connectivity index (χ2v) is 8.76. The molecule has 3 aromatic carbocycles. The van der Waals surface area contributed by atoms with Gasteiger partial charge in [-0.25, -0.2) is 0 Å². The number of anilines is 2. The van der Waals surface area contributed by atoms with Gasteiger partial charge in [-0.3, -0.25) is 4.57 Å². The van der Waals surface area contributed by atoms with Crippen molar-refractivity contribution in [3.8, 4) is 5.75 Å². The number of rotatable bonds is 5. The Morgan fingerprint density at radius 3 is 1.94 bits per heavy atom. The molecule has 0 saturated heterocycles. The van der Waals surface area contributed by atoms with E-state index in [0.717, 1.165) is 39.2 Å². The number of methoxy groups -OCH3 is 1. The number of phosphoric ester groups is 1. The Bertz CT molecular complexity index is 1120. The smallest absolute Gasteiger partial charge is 0.746 e. The van der Waals surface area contributed by atoms with Gasteiger partial charge in [0.25, 0.3) is 0 Å². The Kier molecular flexibility index (Phi) is 10.0. The van der Waals surface area contributed by atoms with E-state index >= 15 is 0 Å². The summed E-state index contributed by atoms with van der Waals surface area (Å²) in [4.78, 5) is 24.1. The quantitative estimate of drug-likeness (QED) is 0.253. The molecule has 32 heavy (non-hydrogen) atoms. The predicted octanol–water partition coefficient (Wildman–Crippen LogP) is 1.39. The van der Waals surface area contributed by atoms with Crippen molar-refractivity contribution in [1.29, 1.82) is 0 Å². The zero-order valence-corrected chi connectivity index (χ0v) is 24.0. The molecule has 1 unspecified atom stereocenters. The van der Waals surface area contributed by atoms with Crippen LogP contribution in [0.25, 0.3) is 5.57 Å². The Morgan fingerprint density at radius 1 is 0.969 bits per heavy atom. The van der Waals surface area contributed by atoms with Crippen LogP contribution in [0.3, 0.4) is 0 Å². The van der Waals surface area contributed by atoms with Gasteiger partial charge in [0.1, 0.15) is 5.75 Å². The van der Waals surface area contributed by atoms with E-state index in [4.69, 9.17) is 9.26 Å². The van der Waals surface area contributed by atoms with Crippen molar-refractivity contribution >= 4 is 66.1 Å². The van der Waals surface area contributed by atoms with Gasteiger partial charge in [-0.1, -0.05) is 48.2 Å². The molecule has 6 nitrogen and oxygen atoms in total. The van der Waals surface area contributed by atoms with Crippen LogP contribution in [-0.2, 0) is 9.09 Å². The van der Waals surface area contributed by atoms with E-state index < -0.39 is 7.82 Å². The van der Waals surface area contributed by atoms with Crippen LogP contribution in [0, 0.1) is 0 Å². The second-order valence-electron chi connectivity index (χ2n) is 6.59. The fourth-order valence-electron chi connectivity index (χ4n) is 3.42. The SMILES string of the molecule is COc1ccc(SC(OP(=O)([O-])O)=C2c3ccccc3N(C)c3ccccc32)cc1.[Na+].[Na]. The Morgan fingerprint density at radius 2 is 1.47 bits per heavy atom. The number of hydrogen-bond donors (Lipinski definition) is 1. The van der Waals surface area contributed by atoms with Crippen LogP contribution in [0.4, 0.5) is 11.4 Å². The number of para-hydroxylation sites is 2. The molecular formula is C22H19NNa2O5PS.